The zero-order valence-corrected chi connectivity index (χ0v) is 10.5. The van der Waals surface area contributed by atoms with Gasteiger partial charge in [0.1, 0.15) is 5.82 Å². The number of carbonyl (C=O) groups is 1. The van der Waals surface area contributed by atoms with E-state index in [2.05, 4.69) is 22.5 Å². The van der Waals surface area contributed by atoms with Crippen LogP contribution < -0.4 is 10.6 Å². The van der Waals surface area contributed by atoms with E-state index in [0.29, 0.717) is 16.8 Å². The van der Waals surface area contributed by atoms with Crippen LogP contribution in [0.2, 0.25) is 5.02 Å². The minimum atomic E-state index is -0.124. The van der Waals surface area contributed by atoms with Gasteiger partial charge >= 0.3 is 0 Å². The number of hydrogen-bond donors (Lipinski definition) is 2. The second-order valence-electron chi connectivity index (χ2n) is 4.40. The Balaban J connectivity index is 1.98. The number of aromatic nitrogens is 1. The molecule has 1 saturated heterocycles. The highest BCUT2D eigenvalue weighted by atomic mass is 35.5. The Kier molecular flexibility index (Phi) is 3.97. The van der Waals surface area contributed by atoms with E-state index in [4.69, 9.17) is 11.6 Å². The van der Waals surface area contributed by atoms with Crippen LogP contribution in [-0.4, -0.2) is 23.5 Å². The van der Waals surface area contributed by atoms with Crippen molar-refractivity contribution in [3.63, 3.8) is 0 Å². The Morgan fingerprint density at radius 3 is 3.06 bits per heavy atom. The maximum atomic E-state index is 12.0. The molecule has 1 aliphatic heterocycles. The van der Waals surface area contributed by atoms with E-state index >= 15 is 0 Å². The Hall–Kier alpha value is -1.13. The first-order chi connectivity index (χ1) is 8.16. The fraction of sp³-hybridized carbons (Fsp3) is 0.500. The molecule has 0 saturated carbocycles. The van der Waals surface area contributed by atoms with E-state index in [1.54, 1.807) is 12.1 Å². The monoisotopic (exact) mass is 253 g/mol. The van der Waals surface area contributed by atoms with Crippen LogP contribution in [0.15, 0.2) is 18.3 Å². The molecule has 2 rings (SSSR count). The minimum absolute atomic E-state index is 0.0213. The molecule has 1 aromatic heterocycles. The molecule has 1 aromatic rings. The summed E-state index contributed by atoms with van der Waals surface area (Å²) in [7, 11) is 0. The number of carbonyl (C=O) groups excluding carboxylic acids is 1. The summed E-state index contributed by atoms with van der Waals surface area (Å²) in [5, 5.41) is 6.59. The first-order valence-electron chi connectivity index (χ1n) is 5.82. The molecule has 92 valence electrons. The summed E-state index contributed by atoms with van der Waals surface area (Å²) in [5.41, 5.74) is 0. The fourth-order valence-corrected chi connectivity index (χ4v) is 2.17. The molecule has 0 radical (unpaired) electrons. The Bertz CT molecular complexity index is 393. The molecule has 17 heavy (non-hydrogen) atoms. The third-order valence-electron chi connectivity index (χ3n) is 3.03. The lowest BCUT2D eigenvalue weighted by Crippen LogP contribution is -2.48. The van der Waals surface area contributed by atoms with Crippen LogP contribution in [0.1, 0.15) is 19.8 Å². The minimum Gasteiger partial charge on any atom is -0.309 e. The summed E-state index contributed by atoms with van der Waals surface area (Å²) >= 11 is 5.73. The molecule has 2 N–H and O–H groups in total. The summed E-state index contributed by atoms with van der Waals surface area (Å²) in [6.45, 7) is 2.99. The van der Waals surface area contributed by atoms with Crippen LogP contribution in [0.3, 0.4) is 0 Å². The second kappa shape index (κ2) is 5.47. The van der Waals surface area contributed by atoms with Crippen LogP contribution in [0.25, 0.3) is 0 Å². The standard InChI is InChI=1S/C12H16ClN3O/c1-8-3-2-6-14-11(8)12(17)16-10-5-4-9(13)7-15-10/h4-5,7-8,11,14H,2-3,6H2,1H3,(H,15,16,17). The molecule has 2 atom stereocenters. The predicted octanol–water partition coefficient (Wildman–Crippen LogP) is 2.06. The van der Waals surface area contributed by atoms with Crippen molar-refractivity contribution < 1.29 is 4.79 Å². The topological polar surface area (TPSA) is 54.0 Å². The van der Waals surface area contributed by atoms with Crippen molar-refractivity contribution in [2.24, 2.45) is 5.92 Å². The van der Waals surface area contributed by atoms with Crippen LogP contribution in [0, 0.1) is 5.92 Å². The number of rotatable bonds is 2. The summed E-state index contributed by atoms with van der Waals surface area (Å²) in [6, 6.07) is 3.29. The van der Waals surface area contributed by atoms with E-state index in [0.717, 1.165) is 19.4 Å². The fourth-order valence-electron chi connectivity index (χ4n) is 2.05. The van der Waals surface area contributed by atoms with E-state index in [1.165, 1.54) is 6.20 Å². The van der Waals surface area contributed by atoms with Gasteiger partial charge in [-0.1, -0.05) is 18.5 Å². The third kappa shape index (κ3) is 3.17. The van der Waals surface area contributed by atoms with Gasteiger partial charge in [0.2, 0.25) is 5.91 Å². The van der Waals surface area contributed by atoms with Gasteiger partial charge in [0.25, 0.3) is 0 Å². The van der Waals surface area contributed by atoms with Crippen LogP contribution in [0.4, 0.5) is 5.82 Å². The van der Waals surface area contributed by atoms with Crippen molar-refractivity contribution in [3.05, 3.63) is 23.4 Å². The van der Waals surface area contributed by atoms with Gasteiger partial charge in [-0.3, -0.25) is 4.79 Å². The zero-order valence-electron chi connectivity index (χ0n) is 9.74. The highest BCUT2D eigenvalue weighted by Crippen LogP contribution is 2.17. The molecule has 1 aliphatic rings. The van der Waals surface area contributed by atoms with Crippen LogP contribution >= 0.6 is 11.6 Å². The second-order valence-corrected chi connectivity index (χ2v) is 4.84. The van der Waals surface area contributed by atoms with Gasteiger partial charge in [0, 0.05) is 6.20 Å². The first kappa shape index (κ1) is 12.3. The smallest absolute Gasteiger partial charge is 0.242 e. The summed E-state index contributed by atoms with van der Waals surface area (Å²) in [5.74, 6) is 0.877. The number of anilines is 1. The SMILES string of the molecule is CC1CCCNC1C(=O)Nc1ccc(Cl)cn1. The van der Waals surface area contributed by atoms with E-state index in [1.807, 2.05) is 0 Å². The molecule has 2 heterocycles. The van der Waals surface area contributed by atoms with Gasteiger partial charge in [-0.25, -0.2) is 4.98 Å². The van der Waals surface area contributed by atoms with Gasteiger partial charge in [0.15, 0.2) is 0 Å². The normalized spacial score (nSPS) is 24.4. The van der Waals surface area contributed by atoms with Crippen molar-refractivity contribution >= 4 is 23.3 Å². The van der Waals surface area contributed by atoms with Gasteiger partial charge in [0.05, 0.1) is 11.1 Å². The highest BCUT2D eigenvalue weighted by Gasteiger charge is 2.27. The Morgan fingerprint density at radius 2 is 2.41 bits per heavy atom. The third-order valence-corrected chi connectivity index (χ3v) is 3.25. The number of nitrogens with one attached hydrogen (secondary N) is 2. The van der Waals surface area contributed by atoms with Gasteiger partial charge in [-0.2, -0.15) is 0 Å². The maximum Gasteiger partial charge on any atom is 0.242 e. The molecule has 0 aromatic carbocycles. The van der Waals surface area contributed by atoms with Gasteiger partial charge in [-0.05, 0) is 37.4 Å². The Labute approximate surface area is 106 Å². The molecule has 0 aliphatic carbocycles. The highest BCUT2D eigenvalue weighted by molar-refractivity contribution is 6.30. The van der Waals surface area contributed by atoms with Crippen molar-refractivity contribution in [1.29, 1.82) is 0 Å². The molecule has 1 fully saturated rings. The van der Waals surface area contributed by atoms with Gasteiger partial charge < -0.3 is 10.6 Å². The number of nitrogens with zero attached hydrogens (tertiary/aromatic N) is 1. The van der Waals surface area contributed by atoms with E-state index < -0.39 is 0 Å². The van der Waals surface area contributed by atoms with Crippen molar-refractivity contribution in [3.8, 4) is 0 Å². The molecular formula is C12H16ClN3O. The lowest BCUT2D eigenvalue weighted by molar-refractivity contribution is -0.119. The van der Waals surface area contributed by atoms with Crippen LogP contribution in [0.5, 0.6) is 0 Å². The Morgan fingerprint density at radius 1 is 1.59 bits per heavy atom. The van der Waals surface area contributed by atoms with E-state index in [9.17, 15) is 4.79 Å². The van der Waals surface area contributed by atoms with E-state index in [-0.39, 0.29) is 11.9 Å². The maximum absolute atomic E-state index is 12.0. The lowest BCUT2D eigenvalue weighted by atomic mass is 9.92. The molecule has 2 unspecified atom stereocenters. The summed E-state index contributed by atoms with van der Waals surface area (Å²) < 4.78 is 0. The predicted molar refractivity (Wildman–Crippen MR) is 68.1 cm³/mol. The van der Waals surface area contributed by atoms with Crippen LogP contribution in [-0.2, 0) is 4.79 Å². The molecule has 4 nitrogen and oxygen atoms in total. The van der Waals surface area contributed by atoms with Crippen molar-refractivity contribution in [1.82, 2.24) is 10.3 Å². The average Bonchev–Trinajstić information content (AvgIpc) is 2.32. The number of amides is 1. The molecule has 5 heteroatoms. The molecule has 1 amide bonds. The van der Waals surface area contributed by atoms with Crippen molar-refractivity contribution in [2.45, 2.75) is 25.8 Å². The lowest BCUT2D eigenvalue weighted by Gasteiger charge is -2.28. The number of hydrogen-bond acceptors (Lipinski definition) is 3. The van der Waals surface area contributed by atoms with Crippen molar-refractivity contribution in [2.75, 3.05) is 11.9 Å². The quantitative estimate of drug-likeness (QED) is 0.848. The number of piperidine rings is 1. The summed E-state index contributed by atoms with van der Waals surface area (Å²) in [4.78, 5) is 16.1. The zero-order chi connectivity index (χ0) is 12.3. The van der Waals surface area contributed by atoms with Gasteiger partial charge in [-0.15, -0.1) is 0 Å². The largest absolute Gasteiger partial charge is 0.309 e. The number of pyridine rings is 1. The molecule has 0 spiro atoms. The molecule has 0 bridgehead atoms. The first-order valence-corrected chi connectivity index (χ1v) is 6.20. The number of halogens is 1. The molecular weight excluding hydrogens is 238 g/mol. The average molecular weight is 254 g/mol. The summed E-state index contributed by atoms with van der Waals surface area (Å²) in [6.07, 6.45) is 3.73.